The zero-order valence-corrected chi connectivity index (χ0v) is 11.1. The van der Waals surface area contributed by atoms with Crippen LogP contribution in [0.15, 0.2) is 6.07 Å². The van der Waals surface area contributed by atoms with Gasteiger partial charge >= 0.3 is 0 Å². The van der Waals surface area contributed by atoms with Crippen LogP contribution >= 0.6 is 22.6 Å². The largest absolute Gasteiger partial charge is 0.381 e. The van der Waals surface area contributed by atoms with Crippen molar-refractivity contribution in [1.82, 2.24) is 9.78 Å². The van der Waals surface area contributed by atoms with Crippen molar-refractivity contribution in [3.8, 4) is 0 Å². The summed E-state index contributed by atoms with van der Waals surface area (Å²) < 4.78 is 8.73. The summed E-state index contributed by atoms with van der Waals surface area (Å²) in [4.78, 5) is 0. The number of fused-ring (bicyclic) bond motifs is 1. The topological polar surface area (TPSA) is 27.1 Å². The summed E-state index contributed by atoms with van der Waals surface area (Å²) in [7, 11) is 0. The van der Waals surface area contributed by atoms with E-state index in [2.05, 4.69) is 52.3 Å². The Hall–Kier alpha value is -0.100. The number of halogens is 1. The molecule has 0 N–H and O–H groups in total. The van der Waals surface area contributed by atoms with Crippen LogP contribution in [0, 0.1) is 15.5 Å². The molecule has 0 spiro atoms. The minimum absolute atomic E-state index is 0.464. The van der Waals surface area contributed by atoms with Crippen LogP contribution < -0.4 is 0 Å². The molecule has 1 saturated heterocycles. The standard InChI is InChI=1S/C11H15IN2O/c1-6(2)14-9(3-10(12)13-14)11-7-4-15-5-8(7)11/h3,6-8,11H,4-5H2,1-2H3/t7-,8+,11?. The van der Waals surface area contributed by atoms with Gasteiger partial charge in [0.1, 0.15) is 3.70 Å². The van der Waals surface area contributed by atoms with Gasteiger partial charge in [0.2, 0.25) is 0 Å². The first-order valence-corrected chi connectivity index (χ1v) is 6.59. The van der Waals surface area contributed by atoms with Crippen LogP contribution in [0.2, 0.25) is 0 Å². The van der Waals surface area contributed by atoms with E-state index in [1.165, 1.54) is 5.69 Å². The molecule has 4 heteroatoms. The third-order valence-electron chi connectivity index (χ3n) is 3.52. The highest BCUT2D eigenvalue weighted by Crippen LogP contribution is 2.57. The van der Waals surface area contributed by atoms with Gasteiger partial charge in [-0.05, 0) is 54.3 Å². The molecule has 3 atom stereocenters. The lowest BCUT2D eigenvalue weighted by Crippen LogP contribution is -2.09. The zero-order valence-electron chi connectivity index (χ0n) is 8.98. The lowest BCUT2D eigenvalue weighted by molar-refractivity contribution is 0.159. The Morgan fingerprint density at radius 1 is 1.47 bits per heavy atom. The van der Waals surface area contributed by atoms with Crippen molar-refractivity contribution in [3.05, 3.63) is 15.5 Å². The monoisotopic (exact) mass is 318 g/mol. The molecular formula is C11H15IN2O. The fraction of sp³-hybridized carbons (Fsp3) is 0.727. The highest BCUT2D eigenvalue weighted by Gasteiger charge is 2.56. The predicted octanol–water partition coefficient (Wildman–Crippen LogP) is 2.43. The Bertz CT molecular complexity index is 378. The number of nitrogens with zero attached hydrogens (tertiary/aromatic N) is 2. The van der Waals surface area contributed by atoms with Gasteiger partial charge in [0.15, 0.2) is 0 Å². The van der Waals surface area contributed by atoms with E-state index in [0.717, 1.165) is 34.7 Å². The molecule has 2 heterocycles. The number of hydrogen-bond donors (Lipinski definition) is 0. The average molecular weight is 318 g/mol. The summed E-state index contributed by atoms with van der Waals surface area (Å²) in [6, 6.07) is 2.70. The van der Waals surface area contributed by atoms with E-state index in [0.29, 0.717) is 6.04 Å². The van der Waals surface area contributed by atoms with Crippen LogP contribution in [-0.2, 0) is 4.74 Å². The van der Waals surface area contributed by atoms with Crippen LogP contribution in [-0.4, -0.2) is 23.0 Å². The van der Waals surface area contributed by atoms with Gasteiger partial charge in [0.25, 0.3) is 0 Å². The van der Waals surface area contributed by atoms with Crippen molar-refractivity contribution in [2.45, 2.75) is 25.8 Å². The Kier molecular flexibility index (Phi) is 2.32. The predicted molar refractivity (Wildman–Crippen MR) is 65.9 cm³/mol. The summed E-state index contributed by atoms with van der Waals surface area (Å²) in [5.41, 5.74) is 1.42. The lowest BCUT2D eigenvalue weighted by atomic mass is 10.2. The van der Waals surface area contributed by atoms with Crippen LogP contribution in [0.25, 0.3) is 0 Å². The number of ether oxygens (including phenoxy) is 1. The van der Waals surface area contributed by atoms with Crippen molar-refractivity contribution in [3.63, 3.8) is 0 Å². The van der Waals surface area contributed by atoms with Crippen molar-refractivity contribution in [2.75, 3.05) is 13.2 Å². The van der Waals surface area contributed by atoms with E-state index in [9.17, 15) is 0 Å². The fourth-order valence-electron chi connectivity index (χ4n) is 2.72. The molecule has 0 radical (unpaired) electrons. The Morgan fingerprint density at radius 2 is 2.13 bits per heavy atom. The first-order valence-electron chi connectivity index (χ1n) is 5.51. The summed E-state index contributed by atoms with van der Waals surface area (Å²) in [6.45, 7) is 6.30. The van der Waals surface area contributed by atoms with Gasteiger partial charge < -0.3 is 4.74 Å². The molecule has 1 aliphatic carbocycles. The SMILES string of the molecule is CC(C)n1nc(I)cc1C1[C@H]2COC[C@@H]12. The molecule has 0 amide bonds. The number of hydrogen-bond acceptors (Lipinski definition) is 2. The minimum Gasteiger partial charge on any atom is -0.381 e. The highest BCUT2D eigenvalue weighted by atomic mass is 127. The lowest BCUT2D eigenvalue weighted by Gasteiger charge is -2.11. The summed E-state index contributed by atoms with van der Waals surface area (Å²) in [5.74, 6) is 2.27. The normalized spacial score (nSPS) is 33.5. The molecule has 0 bridgehead atoms. The van der Waals surface area contributed by atoms with Gasteiger partial charge in [0, 0.05) is 17.7 Å². The van der Waals surface area contributed by atoms with Crippen LogP contribution in [0.1, 0.15) is 31.5 Å². The van der Waals surface area contributed by atoms with Gasteiger partial charge in [-0.1, -0.05) is 0 Å². The van der Waals surface area contributed by atoms with Crippen LogP contribution in [0.3, 0.4) is 0 Å². The fourth-order valence-corrected chi connectivity index (χ4v) is 3.27. The van der Waals surface area contributed by atoms with E-state index in [-0.39, 0.29) is 0 Å². The summed E-state index contributed by atoms with van der Waals surface area (Å²) >= 11 is 2.30. The molecular weight excluding hydrogens is 303 g/mol. The summed E-state index contributed by atoms with van der Waals surface area (Å²) in [6.07, 6.45) is 0. The van der Waals surface area contributed by atoms with E-state index >= 15 is 0 Å². The van der Waals surface area contributed by atoms with Crippen molar-refractivity contribution in [2.24, 2.45) is 11.8 Å². The molecule has 15 heavy (non-hydrogen) atoms. The Balaban J connectivity index is 1.91. The molecule has 1 aliphatic heterocycles. The Labute approximate surface area is 103 Å². The quantitative estimate of drug-likeness (QED) is 0.783. The third-order valence-corrected chi connectivity index (χ3v) is 4.04. The maximum atomic E-state index is 5.43. The second-order valence-electron chi connectivity index (χ2n) is 4.82. The van der Waals surface area contributed by atoms with Gasteiger partial charge in [-0.2, -0.15) is 5.10 Å². The number of rotatable bonds is 2. The number of aromatic nitrogens is 2. The van der Waals surface area contributed by atoms with E-state index in [1.54, 1.807) is 0 Å². The first-order chi connectivity index (χ1) is 7.18. The smallest absolute Gasteiger partial charge is 0.123 e. The van der Waals surface area contributed by atoms with Crippen molar-refractivity contribution >= 4 is 22.6 Å². The zero-order chi connectivity index (χ0) is 10.6. The molecule has 82 valence electrons. The average Bonchev–Trinajstić information content (AvgIpc) is 2.62. The van der Waals surface area contributed by atoms with Crippen LogP contribution in [0.5, 0.6) is 0 Å². The van der Waals surface area contributed by atoms with Crippen molar-refractivity contribution in [1.29, 1.82) is 0 Å². The highest BCUT2D eigenvalue weighted by molar-refractivity contribution is 14.1. The molecule has 1 aromatic heterocycles. The van der Waals surface area contributed by atoms with E-state index in [1.807, 2.05) is 0 Å². The van der Waals surface area contributed by atoms with Crippen LogP contribution in [0.4, 0.5) is 0 Å². The molecule has 1 saturated carbocycles. The second-order valence-corrected chi connectivity index (χ2v) is 5.93. The maximum absolute atomic E-state index is 5.43. The molecule has 2 aliphatic rings. The second kappa shape index (κ2) is 3.45. The third kappa shape index (κ3) is 1.53. The summed E-state index contributed by atoms with van der Waals surface area (Å²) in [5, 5.41) is 4.56. The first kappa shape index (κ1) is 10.1. The van der Waals surface area contributed by atoms with Crippen molar-refractivity contribution < 1.29 is 4.74 Å². The minimum atomic E-state index is 0.464. The molecule has 3 rings (SSSR count). The van der Waals surface area contributed by atoms with Gasteiger partial charge in [0.05, 0.1) is 13.2 Å². The Morgan fingerprint density at radius 3 is 2.73 bits per heavy atom. The molecule has 3 nitrogen and oxygen atoms in total. The molecule has 1 aromatic rings. The van der Waals surface area contributed by atoms with E-state index in [4.69, 9.17) is 4.74 Å². The van der Waals surface area contributed by atoms with Gasteiger partial charge in [-0.25, -0.2) is 0 Å². The molecule has 2 fully saturated rings. The van der Waals surface area contributed by atoms with Gasteiger partial charge in [-0.3, -0.25) is 4.68 Å². The molecule has 0 aromatic carbocycles. The van der Waals surface area contributed by atoms with E-state index < -0.39 is 0 Å². The van der Waals surface area contributed by atoms with Gasteiger partial charge in [-0.15, -0.1) is 0 Å². The maximum Gasteiger partial charge on any atom is 0.123 e. The molecule has 1 unspecified atom stereocenters.